The van der Waals surface area contributed by atoms with Gasteiger partial charge in [0.2, 0.25) is 0 Å². The van der Waals surface area contributed by atoms with E-state index in [0.717, 1.165) is 10.9 Å². The van der Waals surface area contributed by atoms with E-state index in [-0.39, 0.29) is 19.8 Å². The van der Waals surface area contributed by atoms with E-state index in [4.69, 9.17) is 4.74 Å². The second-order valence-corrected chi connectivity index (χ2v) is 3.97. The summed E-state index contributed by atoms with van der Waals surface area (Å²) in [5, 5.41) is 1.06. The molecule has 0 N–H and O–H groups in total. The fraction of sp³-hybridized carbons (Fsp3) is 0.286. The van der Waals surface area contributed by atoms with Crippen LogP contribution in [0.1, 0.15) is 6.92 Å². The van der Waals surface area contributed by atoms with E-state index in [1.807, 2.05) is 36.5 Å². The SMILES string of the molecule is CCOC(=O)COC(=O)Cn1ccc2ccccc21. The minimum absolute atomic E-state index is 0.0763. The van der Waals surface area contributed by atoms with Crippen molar-refractivity contribution in [1.29, 1.82) is 0 Å². The highest BCUT2D eigenvalue weighted by atomic mass is 16.6. The number of ether oxygens (including phenoxy) is 2. The highest BCUT2D eigenvalue weighted by Gasteiger charge is 2.10. The Balaban J connectivity index is 1.94. The van der Waals surface area contributed by atoms with Crippen molar-refractivity contribution in [3.05, 3.63) is 36.5 Å². The van der Waals surface area contributed by atoms with Gasteiger partial charge in [-0.15, -0.1) is 0 Å². The molecule has 0 aliphatic rings. The summed E-state index contributed by atoms with van der Waals surface area (Å²) in [7, 11) is 0. The standard InChI is InChI=1S/C14H15NO4/c1-2-18-14(17)10-19-13(16)9-15-8-7-11-5-3-4-6-12(11)15/h3-8H,2,9-10H2,1H3. The van der Waals surface area contributed by atoms with Gasteiger partial charge >= 0.3 is 11.9 Å². The van der Waals surface area contributed by atoms with Gasteiger partial charge in [-0.05, 0) is 24.4 Å². The molecule has 5 nitrogen and oxygen atoms in total. The van der Waals surface area contributed by atoms with Crippen molar-refractivity contribution in [2.75, 3.05) is 13.2 Å². The van der Waals surface area contributed by atoms with Crippen LogP contribution in [0.2, 0.25) is 0 Å². The number of hydrogen-bond donors (Lipinski definition) is 0. The molecule has 0 unspecified atom stereocenters. The normalized spacial score (nSPS) is 10.4. The van der Waals surface area contributed by atoms with Gasteiger partial charge in [0.1, 0.15) is 6.54 Å². The molecule has 0 fully saturated rings. The zero-order chi connectivity index (χ0) is 13.7. The molecule has 0 aliphatic heterocycles. The predicted octanol–water partition coefficient (Wildman–Crippen LogP) is 1.75. The van der Waals surface area contributed by atoms with Crippen molar-refractivity contribution in [2.24, 2.45) is 0 Å². The van der Waals surface area contributed by atoms with Crippen molar-refractivity contribution in [2.45, 2.75) is 13.5 Å². The number of hydrogen-bond acceptors (Lipinski definition) is 4. The Morgan fingerprint density at radius 3 is 2.68 bits per heavy atom. The van der Waals surface area contributed by atoms with E-state index in [9.17, 15) is 9.59 Å². The molecule has 19 heavy (non-hydrogen) atoms. The molecule has 0 spiro atoms. The maximum atomic E-state index is 11.6. The average molecular weight is 261 g/mol. The number of nitrogens with zero attached hydrogens (tertiary/aromatic N) is 1. The first-order valence-electron chi connectivity index (χ1n) is 6.06. The first-order chi connectivity index (χ1) is 9.20. The van der Waals surface area contributed by atoms with Gasteiger partial charge in [-0.25, -0.2) is 4.79 Å². The molecule has 0 amide bonds. The summed E-state index contributed by atoms with van der Waals surface area (Å²) in [6.07, 6.45) is 1.82. The molecule has 0 saturated heterocycles. The second-order valence-electron chi connectivity index (χ2n) is 3.97. The van der Waals surface area contributed by atoms with Crippen LogP contribution in [-0.4, -0.2) is 29.7 Å². The van der Waals surface area contributed by atoms with Gasteiger partial charge < -0.3 is 14.0 Å². The van der Waals surface area contributed by atoms with E-state index in [0.29, 0.717) is 0 Å². The summed E-state index contributed by atoms with van der Waals surface area (Å²) in [5.74, 6) is -0.998. The van der Waals surface area contributed by atoms with Crippen LogP contribution in [0.15, 0.2) is 36.5 Å². The molecule has 1 aromatic heterocycles. The summed E-state index contributed by atoms with van der Waals surface area (Å²) in [6, 6.07) is 9.66. The number of aromatic nitrogens is 1. The third-order valence-electron chi connectivity index (χ3n) is 2.64. The minimum atomic E-state index is -0.534. The molecule has 2 aromatic rings. The van der Waals surface area contributed by atoms with Crippen LogP contribution < -0.4 is 0 Å². The van der Waals surface area contributed by atoms with Crippen molar-refractivity contribution in [3.8, 4) is 0 Å². The van der Waals surface area contributed by atoms with Gasteiger partial charge in [0, 0.05) is 11.7 Å². The maximum absolute atomic E-state index is 11.6. The number of carbonyl (C=O) groups excluding carboxylic acids is 2. The lowest BCUT2D eigenvalue weighted by molar-refractivity contribution is -0.158. The molecule has 5 heteroatoms. The highest BCUT2D eigenvalue weighted by Crippen LogP contribution is 2.14. The number of benzene rings is 1. The largest absolute Gasteiger partial charge is 0.463 e. The molecule has 2 rings (SSSR count). The Bertz CT molecular complexity index is 588. The molecule has 100 valence electrons. The maximum Gasteiger partial charge on any atom is 0.344 e. The van der Waals surface area contributed by atoms with Crippen LogP contribution in [0.25, 0.3) is 10.9 Å². The molecular weight excluding hydrogens is 246 g/mol. The Kier molecular flexibility index (Phi) is 4.18. The second kappa shape index (κ2) is 6.04. The van der Waals surface area contributed by atoms with Crippen molar-refractivity contribution in [3.63, 3.8) is 0 Å². The summed E-state index contributed by atoms with van der Waals surface area (Å²) < 4.78 is 11.3. The Labute approximate surface area is 110 Å². The van der Waals surface area contributed by atoms with Crippen molar-refractivity contribution < 1.29 is 19.1 Å². The number of rotatable bonds is 5. The fourth-order valence-electron chi connectivity index (χ4n) is 1.81. The monoisotopic (exact) mass is 261 g/mol. The van der Waals surface area contributed by atoms with E-state index in [1.165, 1.54) is 0 Å². The van der Waals surface area contributed by atoms with E-state index >= 15 is 0 Å². The number of carbonyl (C=O) groups is 2. The van der Waals surface area contributed by atoms with Crippen LogP contribution in [0.4, 0.5) is 0 Å². The first kappa shape index (κ1) is 13.1. The van der Waals surface area contributed by atoms with Gasteiger partial charge in [-0.1, -0.05) is 18.2 Å². The van der Waals surface area contributed by atoms with E-state index < -0.39 is 11.9 Å². The molecule has 0 atom stereocenters. The van der Waals surface area contributed by atoms with Crippen molar-refractivity contribution >= 4 is 22.8 Å². The number of para-hydroxylation sites is 1. The van der Waals surface area contributed by atoms with Gasteiger partial charge in [0.25, 0.3) is 0 Å². The number of fused-ring (bicyclic) bond motifs is 1. The molecule has 1 heterocycles. The Morgan fingerprint density at radius 1 is 1.11 bits per heavy atom. The lowest BCUT2D eigenvalue weighted by Gasteiger charge is -2.06. The summed E-state index contributed by atoms with van der Waals surface area (Å²) >= 11 is 0. The van der Waals surface area contributed by atoms with Crippen LogP contribution in [-0.2, 0) is 25.6 Å². The molecule has 1 aromatic carbocycles. The summed E-state index contributed by atoms with van der Waals surface area (Å²) in [5.41, 5.74) is 0.954. The Morgan fingerprint density at radius 2 is 1.89 bits per heavy atom. The zero-order valence-electron chi connectivity index (χ0n) is 10.7. The molecule has 0 bridgehead atoms. The van der Waals surface area contributed by atoms with Gasteiger partial charge in [-0.2, -0.15) is 0 Å². The smallest absolute Gasteiger partial charge is 0.344 e. The van der Waals surface area contributed by atoms with Gasteiger partial charge in [0.05, 0.1) is 6.61 Å². The summed E-state index contributed by atoms with van der Waals surface area (Å²) in [6.45, 7) is 1.71. The molecule has 0 aliphatic carbocycles. The third kappa shape index (κ3) is 3.34. The Hall–Kier alpha value is -2.30. The lowest BCUT2D eigenvalue weighted by Crippen LogP contribution is -2.19. The minimum Gasteiger partial charge on any atom is -0.463 e. The average Bonchev–Trinajstić information content (AvgIpc) is 2.80. The molecule has 0 radical (unpaired) electrons. The van der Waals surface area contributed by atoms with Gasteiger partial charge in [0.15, 0.2) is 6.61 Å². The van der Waals surface area contributed by atoms with Crippen LogP contribution in [0.5, 0.6) is 0 Å². The van der Waals surface area contributed by atoms with E-state index in [1.54, 1.807) is 11.5 Å². The topological polar surface area (TPSA) is 57.5 Å². The van der Waals surface area contributed by atoms with Crippen LogP contribution in [0.3, 0.4) is 0 Å². The van der Waals surface area contributed by atoms with Crippen LogP contribution in [0, 0.1) is 0 Å². The van der Waals surface area contributed by atoms with Crippen molar-refractivity contribution in [1.82, 2.24) is 4.57 Å². The molecule has 0 saturated carbocycles. The zero-order valence-corrected chi connectivity index (χ0v) is 10.7. The molecular formula is C14H15NO4. The lowest BCUT2D eigenvalue weighted by atomic mass is 10.2. The van der Waals surface area contributed by atoms with Crippen LogP contribution >= 0.6 is 0 Å². The van der Waals surface area contributed by atoms with Gasteiger partial charge in [-0.3, -0.25) is 4.79 Å². The predicted molar refractivity (Wildman–Crippen MR) is 69.5 cm³/mol. The van der Waals surface area contributed by atoms with E-state index in [2.05, 4.69) is 4.74 Å². The fourth-order valence-corrected chi connectivity index (χ4v) is 1.81. The summed E-state index contributed by atoms with van der Waals surface area (Å²) in [4.78, 5) is 22.7. The highest BCUT2D eigenvalue weighted by molar-refractivity contribution is 5.82. The quantitative estimate of drug-likeness (QED) is 0.769. The third-order valence-corrected chi connectivity index (χ3v) is 2.64. The number of esters is 2. The first-order valence-corrected chi connectivity index (χ1v) is 6.06.